The van der Waals surface area contributed by atoms with Crippen molar-refractivity contribution in [3.63, 3.8) is 0 Å². The highest BCUT2D eigenvalue weighted by molar-refractivity contribution is 5.88. The Morgan fingerprint density at radius 2 is 1.29 bits per heavy atom. The van der Waals surface area contributed by atoms with E-state index in [0.717, 1.165) is 5.56 Å². The van der Waals surface area contributed by atoms with Crippen LogP contribution in [0, 0.1) is 0 Å². The highest BCUT2D eigenvalue weighted by Crippen LogP contribution is 2.31. The summed E-state index contributed by atoms with van der Waals surface area (Å²) < 4.78 is 0. The maximum absolute atomic E-state index is 11.0. The van der Waals surface area contributed by atoms with Gasteiger partial charge in [-0.05, 0) is 59.7 Å². The second-order valence-corrected chi connectivity index (χ2v) is 6.51. The number of phenolic OH excluding ortho intramolecular Hbond substituents is 2. The number of aromatic hydroxyl groups is 2. The van der Waals surface area contributed by atoms with E-state index in [-0.39, 0.29) is 23.1 Å². The quantitative estimate of drug-likeness (QED) is 0.423. The van der Waals surface area contributed by atoms with Crippen LogP contribution in [0.5, 0.6) is 11.5 Å². The van der Waals surface area contributed by atoms with Gasteiger partial charge >= 0.3 is 5.97 Å². The third-order valence-corrected chi connectivity index (χ3v) is 4.51. The second kappa shape index (κ2) is 8.45. The maximum Gasteiger partial charge on any atom is 0.335 e. The van der Waals surface area contributed by atoms with E-state index in [2.05, 4.69) is 5.32 Å². The molecule has 0 aliphatic carbocycles. The molecule has 6 heteroatoms. The van der Waals surface area contributed by atoms with Crippen LogP contribution in [-0.2, 0) is 0 Å². The molecular formula is C22H21NO5. The van der Waals surface area contributed by atoms with Gasteiger partial charge in [0.15, 0.2) is 0 Å². The summed E-state index contributed by atoms with van der Waals surface area (Å²) >= 11 is 0. The van der Waals surface area contributed by atoms with E-state index in [1.807, 2.05) is 0 Å². The molecule has 3 aromatic rings. The third kappa shape index (κ3) is 4.81. The SMILES string of the molecule is O=C(O)c1ccc(NC(CC(O)c2ccc(O)cc2)c2ccc(O)cc2)cc1. The van der Waals surface area contributed by atoms with Gasteiger partial charge in [0.2, 0.25) is 0 Å². The summed E-state index contributed by atoms with van der Waals surface area (Å²) in [5.74, 6) is -0.723. The summed E-state index contributed by atoms with van der Waals surface area (Å²) in [7, 11) is 0. The van der Waals surface area contributed by atoms with Crippen LogP contribution < -0.4 is 5.32 Å². The number of aliphatic hydroxyl groups is 1. The lowest BCUT2D eigenvalue weighted by molar-refractivity contribution is 0.0697. The monoisotopic (exact) mass is 379 g/mol. The number of aliphatic hydroxyl groups excluding tert-OH is 1. The van der Waals surface area contributed by atoms with Crippen molar-refractivity contribution in [1.29, 1.82) is 0 Å². The molecule has 144 valence electrons. The van der Waals surface area contributed by atoms with Gasteiger partial charge in [-0.15, -0.1) is 0 Å². The molecule has 0 fully saturated rings. The number of nitrogens with one attached hydrogen (secondary N) is 1. The van der Waals surface area contributed by atoms with Crippen molar-refractivity contribution in [2.24, 2.45) is 0 Å². The Morgan fingerprint density at radius 1 is 0.786 bits per heavy atom. The van der Waals surface area contributed by atoms with E-state index < -0.39 is 12.1 Å². The number of carboxylic acids is 1. The fourth-order valence-electron chi connectivity index (χ4n) is 2.95. The van der Waals surface area contributed by atoms with Gasteiger partial charge in [-0.1, -0.05) is 24.3 Å². The van der Waals surface area contributed by atoms with Crippen LogP contribution in [0.15, 0.2) is 72.8 Å². The van der Waals surface area contributed by atoms with E-state index >= 15 is 0 Å². The number of hydrogen-bond donors (Lipinski definition) is 5. The summed E-state index contributed by atoms with van der Waals surface area (Å²) in [5, 5.41) is 42.0. The highest BCUT2D eigenvalue weighted by Gasteiger charge is 2.18. The van der Waals surface area contributed by atoms with Crippen molar-refractivity contribution in [2.45, 2.75) is 18.6 Å². The topological polar surface area (TPSA) is 110 Å². The number of phenols is 2. The minimum atomic E-state index is -0.996. The van der Waals surface area contributed by atoms with E-state index in [1.165, 1.54) is 24.3 Å². The summed E-state index contributed by atoms with van der Waals surface area (Å²) in [6.45, 7) is 0. The molecule has 3 rings (SSSR count). The van der Waals surface area contributed by atoms with Gasteiger partial charge in [0.1, 0.15) is 11.5 Å². The maximum atomic E-state index is 11.0. The Hall–Kier alpha value is -3.51. The molecule has 0 saturated heterocycles. The zero-order chi connectivity index (χ0) is 20.1. The van der Waals surface area contributed by atoms with E-state index in [4.69, 9.17) is 5.11 Å². The Morgan fingerprint density at radius 3 is 1.79 bits per heavy atom. The zero-order valence-electron chi connectivity index (χ0n) is 15.0. The molecule has 0 aliphatic heterocycles. The van der Waals surface area contributed by atoms with E-state index in [9.17, 15) is 20.1 Å². The van der Waals surface area contributed by atoms with Gasteiger partial charge in [-0.2, -0.15) is 0 Å². The van der Waals surface area contributed by atoms with Crippen molar-refractivity contribution >= 4 is 11.7 Å². The molecule has 0 bridgehead atoms. The lowest BCUT2D eigenvalue weighted by Gasteiger charge is -2.24. The predicted molar refractivity (Wildman–Crippen MR) is 106 cm³/mol. The molecule has 0 amide bonds. The number of anilines is 1. The molecule has 0 spiro atoms. The van der Waals surface area contributed by atoms with E-state index in [0.29, 0.717) is 17.7 Å². The molecule has 0 aliphatic rings. The number of carbonyl (C=O) groups is 1. The normalized spacial score (nSPS) is 12.9. The second-order valence-electron chi connectivity index (χ2n) is 6.51. The summed E-state index contributed by atoms with van der Waals surface area (Å²) in [6.07, 6.45) is -0.457. The fourth-order valence-corrected chi connectivity index (χ4v) is 2.95. The molecule has 2 unspecified atom stereocenters. The van der Waals surface area contributed by atoms with Crippen LogP contribution in [0.1, 0.15) is 40.1 Å². The van der Waals surface area contributed by atoms with Gasteiger partial charge in [-0.25, -0.2) is 4.79 Å². The van der Waals surface area contributed by atoms with Crippen LogP contribution in [-0.4, -0.2) is 26.4 Å². The van der Waals surface area contributed by atoms with Crippen molar-refractivity contribution in [3.8, 4) is 11.5 Å². The largest absolute Gasteiger partial charge is 0.508 e. The molecule has 28 heavy (non-hydrogen) atoms. The van der Waals surface area contributed by atoms with Crippen molar-refractivity contribution in [3.05, 3.63) is 89.5 Å². The Bertz CT molecular complexity index is 921. The number of aromatic carboxylic acids is 1. The minimum Gasteiger partial charge on any atom is -0.508 e. The van der Waals surface area contributed by atoms with Crippen molar-refractivity contribution < 1.29 is 25.2 Å². The van der Waals surface area contributed by atoms with E-state index in [1.54, 1.807) is 48.5 Å². The Labute approximate surface area is 162 Å². The van der Waals surface area contributed by atoms with Crippen LogP contribution in [0.3, 0.4) is 0 Å². The average molecular weight is 379 g/mol. The Balaban J connectivity index is 1.83. The molecule has 0 radical (unpaired) electrons. The van der Waals surface area contributed by atoms with Crippen LogP contribution >= 0.6 is 0 Å². The smallest absolute Gasteiger partial charge is 0.335 e. The molecular weight excluding hydrogens is 358 g/mol. The first kappa shape index (κ1) is 19.3. The lowest BCUT2D eigenvalue weighted by Crippen LogP contribution is -2.15. The standard InChI is InChI=1S/C22H21NO5/c24-18-9-3-14(4-10-18)20(13-21(26)15-5-11-19(25)12-6-15)23-17-7-1-16(2-8-17)22(27)28/h1-12,20-21,23-26H,13H2,(H,27,28). The summed E-state index contributed by atoms with van der Waals surface area (Å²) in [5.41, 5.74) is 2.43. The van der Waals surface area contributed by atoms with Crippen molar-refractivity contribution in [2.75, 3.05) is 5.32 Å². The zero-order valence-corrected chi connectivity index (χ0v) is 15.0. The first-order valence-corrected chi connectivity index (χ1v) is 8.78. The fraction of sp³-hybridized carbons (Fsp3) is 0.136. The molecule has 0 aromatic heterocycles. The van der Waals surface area contributed by atoms with Gasteiger partial charge < -0.3 is 25.7 Å². The van der Waals surface area contributed by atoms with Gasteiger partial charge in [0.05, 0.1) is 17.7 Å². The molecule has 3 aromatic carbocycles. The highest BCUT2D eigenvalue weighted by atomic mass is 16.4. The Kier molecular flexibility index (Phi) is 5.81. The van der Waals surface area contributed by atoms with Gasteiger partial charge in [0.25, 0.3) is 0 Å². The molecule has 2 atom stereocenters. The number of benzene rings is 3. The number of hydrogen-bond acceptors (Lipinski definition) is 5. The minimum absolute atomic E-state index is 0.127. The van der Waals surface area contributed by atoms with Gasteiger partial charge in [-0.3, -0.25) is 0 Å². The predicted octanol–water partition coefficient (Wildman–Crippen LogP) is 4.07. The average Bonchev–Trinajstić information content (AvgIpc) is 2.69. The molecule has 0 saturated carbocycles. The number of carboxylic acid groups (broad SMARTS) is 1. The summed E-state index contributed by atoms with van der Waals surface area (Å²) in [6, 6.07) is 19.1. The van der Waals surface area contributed by atoms with Crippen LogP contribution in [0.2, 0.25) is 0 Å². The van der Waals surface area contributed by atoms with Crippen LogP contribution in [0.25, 0.3) is 0 Å². The first-order valence-electron chi connectivity index (χ1n) is 8.78. The van der Waals surface area contributed by atoms with Gasteiger partial charge in [0, 0.05) is 12.1 Å². The number of rotatable bonds is 7. The van der Waals surface area contributed by atoms with Crippen molar-refractivity contribution in [1.82, 2.24) is 0 Å². The summed E-state index contributed by atoms with van der Waals surface area (Å²) in [4.78, 5) is 11.0. The van der Waals surface area contributed by atoms with Crippen LogP contribution in [0.4, 0.5) is 5.69 Å². The molecule has 0 heterocycles. The first-order chi connectivity index (χ1) is 13.4. The molecule has 5 N–H and O–H groups in total. The third-order valence-electron chi connectivity index (χ3n) is 4.51. The lowest BCUT2D eigenvalue weighted by atomic mass is 9.96. The molecule has 6 nitrogen and oxygen atoms in total.